The number of nitrogens with zero attached hydrogens (tertiary/aromatic N) is 2. The molecule has 8 nitrogen and oxygen atoms in total. The Balaban J connectivity index is 1.59. The third-order valence-electron chi connectivity index (χ3n) is 5.57. The number of H-pyrrole nitrogens is 1. The van der Waals surface area contributed by atoms with Crippen molar-refractivity contribution in [3.05, 3.63) is 42.3 Å². The van der Waals surface area contributed by atoms with Gasteiger partial charge in [-0.3, -0.25) is 9.52 Å². The lowest BCUT2D eigenvalue weighted by atomic mass is 9.93. The molecule has 172 valence electrons. The van der Waals surface area contributed by atoms with Gasteiger partial charge in [-0.1, -0.05) is 6.07 Å². The second-order valence-corrected chi connectivity index (χ2v) is 10.8. The molecule has 0 atom stereocenters. The molecule has 1 aliphatic rings. The Bertz CT molecular complexity index is 1370. The molecule has 1 aliphatic carbocycles. The molecule has 4 rings (SSSR count). The number of rotatable bonds is 8. The zero-order valence-corrected chi connectivity index (χ0v) is 19.1. The van der Waals surface area contributed by atoms with Crippen LogP contribution >= 0.6 is 0 Å². The average Bonchev–Trinajstić information content (AvgIpc) is 3.51. The van der Waals surface area contributed by atoms with Crippen molar-refractivity contribution in [1.82, 2.24) is 9.97 Å². The van der Waals surface area contributed by atoms with E-state index in [0.717, 1.165) is 18.2 Å². The van der Waals surface area contributed by atoms with Crippen LogP contribution in [0.1, 0.15) is 33.1 Å². The van der Waals surface area contributed by atoms with E-state index >= 15 is 0 Å². The van der Waals surface area contributed by atoms with E-state index in [0.29, 0.717) is 22.6 Å². The number of hydrogen-bond donors (Lipinski definition) is 3. The Morgan fingerprint density at radius 1 is 1.30 bits per heavy atom. The summed E-state index contributed by atoms with van der Waals surface area (Å²) in [5.41, 5.74) is 0.734. The van der Waals surface area contributed by atoms with Crippen LogP contribution in [0.25, 0.3) is 22.2 Å². The summed E-state index contributed by atoms with van der Waals surface area (Å²) < 4.78 is 41.9. The molecule has 1 fully saturated rings. The van der Waals surface area contributed by atoms with E-state index in [4.69, 9.17) is 5.26 Å². The number of nitrogens with one attached hydrogen (secondary N) is 3. The quantitative estimate of drug-likeness (QED) is 0.451. The number of nitriles is 1. The van der Waals surface area contributed by atoms with Gasteiger partial charge in [-0.25, -0.2) is 17.8 Å². The fourth-order valence-corrected chi connectivity index (χ4v) is 4.73. The largest absolute Gasteiger partial charge is 0.346 e. The number of pyridine rings is 1. The van der Waals surface area contributed by atoms with Crippen molar-refractivity contribution in [1.29, 1.82) is 5.26 Å². The first-order valence-corrected chi connectivity index (χ1v) is 12.2. The molecule has 3 aromatic rings. The van der Waals surface area contributed by atoms with Crippen LogP contribution in [0.2, 0.25) is 0 Å². The molecule has 10 heteroatoms. The summed E-state index contributed by atoms with van der Waals surface area (Å²) >= 11 is 0. The van der Waals surface area contributed by atoms with Crippen LogP contribution in [0.3, 0.4) is 0 Å². The Labute approximate surface area is 191 Å². The van der Waals surface area contributed by atoms with Gasteiger partial charge in [0.15, 0.2) is 0 Å². The number of carbonyl (C=O) groups excluding carboxylic acids is 1. The molecule has 0 bridgehead atoms. The lowest BCUT2D eigenvalue weighted by Crippen LogP contribution is -2.22. The fourth-order valence-electron chi connectivity index (χ4n) is 3.34. The summed E-state index contributed by atoms with van der Waals surface area (Å²) in [6.45, 7) is 3.30. The van der Waals surface area contributed by atoms with E-state index in [1.54, 1.807) is 38.2 Å². The van der Waals surface area contributed by atoms with Gasteiger partial charge in [0.25, 0.3) is 0 Å². The molecular weight excluding hydrogens is 445 g/mol. The van der Waals surface area contributed by atoms with Crippen molar-refractivity contribution < 1.29 is 17.6 Å². The number of halogens is 1. The number of hydrogen-bond acceptors (Lipinski definition) is 5. The van der Waals surface area contributed by atoms with Gasteiger partial charge >= 0.3 is 0 Å². The number of fused-ring (bicyclic) bond motifs is 1. The first kappa shape index (κ1) is 22.7. The van der Waals surface area contributed by atoms with E-state index in [2.05, 4.69) is 26.1 Å². The number of aromatic amines is 1. The SMILES string of the molecule is CC(C)(C#N)CCS(=O)(=O)Nc1ccc(-c2cc(NC(=O)C3CC3)nc3[nH]ccc23)cc1F. The topological polar surface area (TPSA) is 128 Å². The van der Waals surface area contributed by atoms with Crippen molar-refractivity contribution in [3.63, 3.8) is 0 Å². The minimum absolute atomic E-state index is 0.0121. The molecule has 1 saturated carbocycles. The lowest BCUT2D eigenvalue weighted by molar-refractivity contribution is -0.117. The van der Waals surface area contributed by atoms with Crippen LogP contribution in [-0.2, 0) is 14.8 Å². The summed E-state index contributed by atoms with van der Waals surface area (Å²) in [5, 5.41) is 12.6. The highest BCUT2D eigenvalue weighted by Gasteiger charge is 2.30. The van der Waals surface area contributed by atoms with Crippen LogP contribution in [0.4, 0.5) is 15.9 Å². The number of aromatic nitrogens is 2. The van der Waals surface area contributed by atoms with E-state index in [9.17, 15) is 17.6 Å². The second kappa shape index (κ2) is 8.48. The molecule has 2 aromatic heterocycles. The van der Waals surface area contributed by atoms with Gasteiger partial charge in [0.1, 0.15) is 17.3 Å². The van der Waals surface area contributed by atoms with E-state index in [1.807, 2.05) is 0 Å². The third kappa shape index (κ3) is 5.31. The molecule has 2 heterocycles. The Morgan fingerprint density at radius 2 is 2.06 bits per heavy atom. The first-order chi connectivity index (χ1) is 15.6. The zero-order valence-electron chi connectivity index (χ0n) is 18.3. The van der Waals surface area contributed by atoms with E-state index < -0.39 is 21.3 Å². The van der Waals surface area contributed by atoms with E-state index in [1.165, 1.54) is 12.1 Å². The van der Waals surface area contributed by atoms with Gasteiger partial charge in [-0.2, -0.15) is 5.26 Å². The third-order valence-corrected chi connectivity index (χ3v) is 6.84. The van der Waals surface area contributed by atoms with Crippen LogP contribution in [-0.4, -0.2) is 30.0 Å². The van der Waals surface area contributed by atoms with Crippen molar-refractivity contribution in [3.8, 4) is 17.2 Å². The summed E-state index contributed by atoms with van der Waals surface area (Å²) in [7, 11) is -3.83. The van der Waals surface area contributed by atoms with Gasteiger partial charge in [-0.15, -0.1) is 0 Å². The maximum atomic E-state index is 14.9. The standard InChI is InChI=1S/C23H24FN5O3S/c1-23(2,13-25)8-10-33(31,32)29-19-6-5-15(11-18(19)24)17-12-20(28-22(30)14-3-4-14)27-21-16(17)7-9-26-21/h5-7,9,11-12,14,29H,3-4,8,10H2,1-2H3,(H2,26,27,28,30). The highest BCUT2D eigenvalue weighted by molar-refractivity contribution is 7.92. The van der Waals surface area contributed by atoms with Gasteiger partial charge in [0, 0.05) is 17.5 Å². The summed E-state index contributed by atoms with van der Waals surface area (Å²) in [6, 6.07) is 9.74. The number of carbonyl (C=O) groups is 1. The summed E-state index contributed by atoms with van der Waals surface area (Å²) in [4.78, 5) is 19.6. The van der Waals surface area contributed by atoms with Gasteiger partial charge < -0.3 is 10.3 Å². The first-order valence-electron chi connectivity index (χ1n) is 10.6. The summed E-state index contributed by atoms with van der Waals surface area (Å²) in [6.07, 6.45) is 3.55. The highest BCUT2D eigenvalue weighted by Crippen LogP contribution is 2.34. The number of amides is 1. The average molecular weight is 470 g/mol. The monoisotopic (exact) mass is 469 g/mol. The molecule has 3 N–H and O–H groups in total. The molecule has 0 aliphatic heterocycles. The Morgan fingerprint density at radius 3 is 2.73 bits per heavy atom. The molecule has 0 unspecified atom stereocenters. The lowest BCUT2D eigenvalue weighted by Gasteiger charge is -2.16. The zero-order chi connectivity index (χ0) is 23.8. The molecule has 0 spiro atoms. The smallest absolute Gasteiger partial charge is 0.232 e. The predicted molar refractivity (Wildman–Crippen MR) is 124 cm³/mol. The number of benzene rings is 1. The van der Waals surface area contributed by atoms with Crippen LogP contribution in [0.5, 0.6) is 0 Å². The minimum atomic E-state index is -3.83. The second-order valence-electron chi connectivity index (χ2n) is 8.92. The van der Waals surface area contributed by atoms with Crippen molar-refractivity contribution in [2.24, 2.45) is 11.3 Å². The molecule has 33 heavy (non-hydrogen) atoms. The molecular formula is C23H24FN5O3S. The molecule has 0 radical (unpaired) electrons. The fraction of sp³-hybridized carbons (Fsp3) is 0.348. The van der Waals surface area contributed by atoms with Crippen molar-refractivity contribution in [2.75, 3.05) is 15.8 Å². The van der Waals surface area contributed by atoms with Gasteiger partial charge in [0.2, 0.25) is 15.9 Å². The van der Waals surface area contributed by atoms with E-state index in [-0.39, 0.29) is 29.7 Å². The maximum Gasteiger partial charge on any atom is 0.232 e. The van der Waals surface area contributed by atoms with Crippen molar-refractivity contribution >= 4 is 38.5 Å². The molecule has 1 amide bonds. The van der Waals surface area contributed by atoms with Gasteiger partial charge in [-0.05, 0) is 68.5 Å². The number of sulfonamides is 1. The minimum Gasteiger partial charge on any atom is -0.346 e. The van der Waals surface area contributed by atoms with Crippen LogP contribution < -0.4 is 10.0 Å². The maximum absolute atomic E-state index is 14.9. The normalized spacial score (nSPS) is 14.1. The predicted octanol–water partition coefficient (Wildman–Crippen LogP) is 4.40. The van der Waals surface area contributed by atoms with Gasteiger partial charge in [0.05, 0.1) is 22.9 Å². The Hall–Kier alpha value is -3.45. The Kier molecular flexibility index (Phi) is 5.84. The van der Waals surface area contributed by atoms with Crippen LogP contribution in [0, 0.1) is 28.5 Å². The highest BCUT2D eigenvalue weighted by atomic mass is 32.2. The van der Waals surface area contributed by atoms with Crippen molar-refractivity contribution in [2.45, 2.75) is 33.1 Å². The molecule has 0 saturated heterocycles. The molecule has 1 aromatic carbocycles. The number of anilines is 2. The summed E-state index contributed by atoms with van der Waals surface area (Å²) in [5.74, 6) is -0.748. The van der Waals surface area contributed by atoms with Crippen LogP contribution in [0.15, 0.2) is 36.5 Å².